The Bertz CT molecular complexity index is 2420. The van der Waals surface area contributed by atoms with Crippen molar-refractivity contribution >= 4 is 33.5 Å². The van der Waals surface area contributed by atoms with Gasteiger partial charge in [0.1, 0.15) is 0 Å². The maximum atomic E-state index is 12.0. The lowest BCUT2D eigenvalue weighted by atomic mass is 9.92. The average molecular weight is 813 g/mol. The van der Waals surface area contributed by atoms with Gasteiger partial charge in [0.25, 0.3) is 0 Å². The fourth-order valence-electron chi connectivity index (χ4n) is 7.45. The van der Waals surface area contributed by atoms with Gasteiger partial charge in [-0.2, -0.15) is 0 Å². The average Bonchev–Trinajstić information content (AvgIpc) is 3.20. The highest BCUT2D eigenvalue weighted by atomic mass is 16.5. The molecule has 0 bridgehead atoms. The molecule has 14 nitrogen and oxygen atoms in total. The number of rotatable bonds is 10. The normalized spacial score (nSPS) is 16.3. The summed E-state index contributed by atoms with van der Waals surface area (Å²) < 4.78 is 21.7. The largest absolute Gasteiger partial charge is 0.477 e. The van der Waals surface area contributed by atoms with E-state index in [1.165, 1.54) is 0 Å². The second-order valence-electron chi connectivity index (χ2n) is 16.5. The molecule has 0 amide bonds. The number of esters is 2. The maximum Gasteiger partial charge on any atom is 0.340 e. The Hall–Kier alpha value is -6.12. The van der Waals surface area contributed by atoms with Gasteiger partial charge in [-0.25, -0.2) is 19.6 Å². The summed E-state index contributed by atoms with van der Waals surface area (Å²) in [5, 5.41) is 3.62. The third kappa shape index (κ3) is 8.75. The van der Waals surface area contributed by atoms with E-state index in [2.05, 4.69) is 19.9 Å². The van der Waals surface area contributed by atoms with Crippen LogP contribution in [0.15, 0.2) is 61.2 Å². The predicted octanol–water partition coefficient (Wildman–Crippen LogP) is 6.96. The van der Waals surface area contributed by atoms with Crippen LogP contribution >= 0.6 is 0 Å². The van der Waals surface area contributed by atoms with E-state index in [9.17, 15) is 9.59 Å². The topological polar surface area (TPSA) is 200 Å². The van der Waals surface area contributed by atoms with Gasteiger partial charge >= 0.3 is 11.9 Å². The molecule has 14 heteroatoms. The first kappa shape index (κ1) is 42.0. The van der Waals surface area contributed by atoms with Crippen molar-refractivity contribution in [3.05, 3.63) is 118 Å². The molecule has 0 aromatic carbocycles. The Kier molecular flexibility index (Phi) is 11.8. The molecule has 0 saturated heterocycles. The van der Waals surface area contributed by atoms with Crippen LogP contribution in [0.1, 0.15) is 133 Å². The number of fused-ring (bicyclic) bond motifs is 4. The molecule has 312 valence electrons. The summed E-state index contributed by atoms with van der Waals surface area (Å²) in [5.41, 5.74) is 19.6. The van der Waals surface area contributed by atoms with E-state index in [-0.39, 0.29) is 23.8 Å². The quantitative estimate of drug-likeness (QED) is 0.134. The van der Waals surface area contributed by atoms with Crippen LogP contribution in [0.4, 0.5) is 0 Å². The van der Waals surface area contributed by atoms with Crippen LogP contribution in [0.5, 0.6) is 11.8 Å². The zero-order valence-corrected chi connectivity index (χ0v) is 35.5. The molecule has 2 atom stereocenters. The molecule has 8 rings (SSSR count). The van der Waals surface area contributed by atoms with Crippen molar-refractivity contribution in [2.75, 3.05) is 26.4 Å². The summed E-state index contributed by atoms with van der Waals surface area (Å²) >= 11 is 0. The third-order valence-electron chi connectivity index (χ3n) is 10.5. The van der Waals surface area contributed by atoms with Crippen molar-refractivity contribution < 1.29 is 28.5 Å². The van der Waals surface area contributed by atoms with Crippen LogP contribution in [0, 0.1) is 0 Å². The van der Waals surface area contributed by atoms with Gasteiger partial charge in [-0.15, -0.1) is 0 Å². The highest BCUT2D eigenvalue weighted by molar-refractivity contribution is 5.93. The summed E-state index contributed by atoms with van der Waals surface area (Å²) in [7, 11) is 0. The lowest BCUT2D eigenvalue weighted by Gasteiger charge is -2.22. The van der Waals surface area contributed by atoms with Crippen molar-refractivity contribution in [1.29, 1.82) is 0 Å². The molecule has 6 aromatic rings. The molecule has 8 heterocycles. The number of carbonyl (C=O) groups is 2. The number of carbonyl (C=O) groups excluding carboxylic acids is 2. The van der Waals surface area contributed by atoms with E-state index in [0.717, 1.165) is 66.8 Å². The highest BCUT2D eigenvalue weighted by Gasteiger charge is 2.28. The first-order chi connectivity index (χ1) is 28.5. The Balaban J connectivity index is 0.000000181. The van der Waals surface area contributed by atoms with Crippen LogP contribution in [-0.4, -0.2) is 68.3 Å². The minimum absolute atomic E-state index is 0.0756. The summed E-state index contributed by atoms with van der Waals surface area (Å²) in [6.07, 6.45) is 8.22. The lowest BCUT2D eigenvalue weighted by molar-refractivity contribution is 0.0435. The van der Waals surface area contributed by atoms with Crippen LogP contribution in [0.2, 0.25) is 0 Å². The van der Waals surface area contributed by atoms with Gasteiger partial charge in [-0.1, -0.05) is 13.8 Å². The molecule has 0 fully saturated rings. The molecule has 2 aliphatic heterocycles. The third-order valence-corrected chi connectivity index (χ3v) is 10.5. The number of hydrogen-bond acceptors (Lipinski definition) is 14. The SMILES string of the molecule is CCOc1ncc(C(C)(C)N)c2cc(Cc3ccc4c(n3)[C@@H](C)COC4=O)ncc12.CCOc1ncc(C(C)(C)N)c2cc(Cc3ccc4c(n3)[C@H](C)COC4=O)ncc12. The smallest absolute Gasteiger partial charge is 0.340 e. The van der Waals surface area contributed by atoms with Crippen LogP contribution in [0.25, 0.3) is 21.5 Å². The predicted molar refractivity (Wildman–Crippen MR) is 227 cm³/mol. The van der Waals surface area contributed by atoms with Gasteiger partial charge in [0.2, 0.25) is 11.8 Å². The Morgan fingerprint density at radius 1 is 0.600 bits per heavy atom. The van der Waals surface area contributed by atoms with Crippen molar-refractivity contribution in [2.45, 2.75) is 91.1 Å². The number of ether oxygens (including phenoxy) is 4. The monoisotopic (exact) mass is 812 g/mol. The zero-order chi connectivity index (χ0) is 42.9. The minimum atomic E-state index is -0.561. The van der Waals surface area contributed by atoms with Crippen molar-refractivity contribution in [3.63, 3.8) is 0 Å². The Labute approximate surface area is 349 Å². The van der Waals surface area contributed by atoms with Crippen LogP contribution in [0.3, 0.4) is 0 Å². The van der Waals surface area contributed by atoms with E-state index >= 15 is 0 Å². The van der Waals surface area contributed by atoms with E-state index in [0.29, 0.717) is 62.2 Å². The number of pyridine rings is 6. The van der Waals surface area contributed by atoms with Gasteiger partial charge in [-0.05, 0) is 99.8 Å². The lowest BCUT2D eigenvalue weighted by Crippen LogP contribution is -2.29. The first-order valence-electron chi connectivity index (χ1n) is 20.3. The van der Waals surface area contributed by atoms with Crippen molar-refractivity contribution in [2.24, 2.45) is 11.5 Å². The fourth-order valence-corrected chi connectivity index (χ4v) is 7.45. The second-order valence-corrected chi connectivity index (χ2v) is 16.5. The van der Waals surface area contributed by atoms with E-state index in [1.54, 1.807) is 36.9 Å². The molecule has 60 heavy (non-hydrogen) atoms. The molecular weight excluding hydrogens is 761 g/mol. The van der Waals surface area contributed by atoms with Gasteiger partial charge in [0, 0.05) is 83.3 Å². The first-order valence-corrected chi connectivity index (χ1v) is 20.3. The number of nitrogens with zero attached hydrogens (tertiary/aromatic N) is 6. The second kappa shape index (κ2) is 16.9. The number of hydrogen-bond donors (Lipinski definition) is 2. The van der Waals surface area contributed by atoms with Gasteiger partial charge in [-0.3, -0.25) is 19.9 Å². The summed E-state index contributed by atoms with van der Waals surface area (Å²) in [6, 6.07) is 11.4. The van der Waals surface area contributed by atoms with Crippen LogP contribution < -0.4 is 20.9 Å². The molecule has 0 spiro atoms. The molecule has 4 N–H and O–H groups in total. The van der Waals surface area contributed by atoms with Crippen LogP contribution in [-0.2, 0) is 33.4 Å². The Morgan fingerprint density at radius 2 is 1.00 bits per heavy atom. The van der Waals surface area contributed by atoms with E-state index < -0.39 is 11.1 Å². The molecule has 6 aromatic heterocycles. The summed E-state index contributed by atoms with van der Waals surface area (Å²) in [4.78, 5) is 51.5. The number of aromatic nitrogens is 6. The molecule has 0 saturated carbocycles. The minimum Gasteiger partial charge on any atom is -0.477 e. The standard InChI is InChI=1S/2C23H26N4O3/c2*1-5-29-21-18-10-25-15(9-17(18)19(11-26-21)23(3,4)24)8-14-6-7-16-20(27-14)13(2)12-30-22(16)28/h2*6-7,9-11,13H,5,8,12,24H2,1-4H3/t2*13-/m10/s1. The fraction of sp³-hybridized carbons (Fsp3) is 0.391. The van der Waals surface area contributed by atoms with Gasteiger partial charge < -0.3 is 30.4 Å². The highest BCUT2D eigenvalue weighted by Crippen LogP contribution is 2.34. The van der Waals surface area contributed by atoms with E-state index in [4.69, 9.17) is 40.4 Å². The molecule has 0 radical (unpaired) electrons. The zero-order valence-electron chi connectivity index (χ0n) is 35.5. The van der Waals surface area contributed by atoms with Gasteiger partial charge in [0.05, 0.1) is 59.7 Å². The molecular formula is C46H52N8O6. The molecule has 2 aliphatic rings. The number of nitrogens with two attached hydrogens (primary N) is 2. The number of cyclic esters (lactones) is 2. The van der Waals surface area contributed by atoms with Crippen molar-refractivity contribution in [3.8, 4) is 11.8 Å². The van der Waals surface area contributed by atoms with Crippen molar-refractivity contribution in [1.82, 2.24) is 29.9 Å². The molecule has 0 aliphatic carbocycles. The van der Waals surface area contributed by atoms with Gasteiger partial charge in [0.15, 0.2) is 0 Å². The summed E-state index contributed by atoms with van der Waals surface area (Å²) in [5.74, 6) is 0.643. The molecule has 0 unspecified atom stereocenters. The Morgan fingerprint density at radius 3 is 1.37 bits per heavy atom. The summed E-state index contributed by atoms with van der Waals surface area (Å²) in [6.45, 7) is 17.4. The maximum absolute atomic E-state index is 12.0. The van der Waals surface area contributed by atoms with E-state index in [1.807, 2.05) is 79.7 Å².